The molecule has 0 amide bonds. The maximum atomic E-state index is 3.46. The quantitative estimate of drug-likeness (QED) is 0.264. The third-order valence-electron chi connectivity index (χ3n) is 9.80. The summed E-state index contributed by atoms with van der Waals surface area (Å²) >= 11 is 0. The molecule has 0 aliphatic rings. The molecule has 0 spiro atoms. The molecule has 0 aliphatic carbocycles. The monoisotopic (exact) mass is 894 g/mol. The van der Waals surface area contributed by atoms with Crippen molar-refractivity contribution in [3.63, 3.8) is 0 Å². The summed E-state index contributed by atoms with van der Waals surface area (Å²) in [5.41, 5.74) is 2.40. The van der Waals surface area contributed by atoms with Crippen molar-refractivity contribution in [3.8, 4) is 0 Å². The topological polar surface area (TPSA) is 40.3 Å². The standard InChI is InChI=1S/C9H21N.3C8H19N.2C7H17N.C6H15N.2CH4/c1-7-10(8(2)3)9(4,5)6;1-7(2)9(6)8(3,4)5;1-7(2,3)9-8(4,5)6;1-6-9(7-2)8(3,4)5;1-6-8(5)7(2,3)4;1-6(2)8-7(3,4)5;1-6(2,3)7(4)5;;/h8H,7H2,1-6H3;7H,1-6H3;9H,1-6H3;6-7H2,1-5H3;6H2,1-5H3;6,8H,1-5H3;1-5H3;2*1H4. The average Bonchev–Trinajstić information content (AvgIpc) is 2.92. The van der Waals surface area contributed by atoms with Gasteiger partial charge in [0.2, 0.25) is 0 Å². The van der Waals surface area contributed by atoms with Crippen LogP contribution in [0.4, 0.5) is 0 Å². The highest BCUT2D eigenvalue weighted by atomic mass is 15.2. The molecule has 0 fully saturated rings. The minimum absolute atomic E-state index is 0. The Hall–Kier alpha value is -0.280. The van der Waals surface area contributed by atoms with Crippen LogP contribution < -0.4 is 10.6 Å². The van der Waals surface area contributed by atoms with E-state index in [2.05, 4.69) is 299 Å². The first-order valence-corrected chi connectivity index (χ1v) is 24.0. The predicted molar refractivity (Wildman–Crippen MR) is 298 cm³/mol. The van der Waals surface area contributed by atoms with E-state index in [1.165, 1.54) is 0 Å². The molecule has 0 heterocycles. The van der Waals surface area contributed by atoms with Gasteiger partial charge in [-0.1, -0.05) is 56.4 Å². The van der Waals surface area contributed by atoms with Gasteiger partial charge in [0, 0.05) is 62.4 Å². The van der Waals surface area contributed by atoms with E-state index in [0.717, 1.165) is 26.2 Å². The number of nitrogens with zero attached hydrogens (tertiary/aromatic N) is 5. The van der Waals surface area contributed by atoms with Crippen molar-refractivity contribution in [2.75, 3.05) is 54.4 Å². The molecular formula is C55H135N7. The second-order valence-corrected chi connectivity index (χ2v) is 25.7. The van der Waals surface area contributed by atoms with Crippen LogP contribution in [0.25, 0.3) is 0 Å². The molecule has 0 rings (SSSR count). The van der Waals surface area contributed by atoms with Crippen LogP contribution in [0.2, 0.25) is 0 Å². The van der Waals surface area contributed by atoms with Crippen molar-refractivity contribution >= 4 is 0 Å². The Morgan fingerprint density at radius 1 is 0.371 bits per heavy atom. The zero-order valence-corrected chi connectivity index (χ0v) is 49.8. The molecule has 7 nitrogen and oxygen atoms in total. The van der Waals surface area contributed by atoms with Gasteiger partial charge in [-0.05, 0) is 248 Å². The van der Waals surface area contributed by atoms with Gasteiger partial charge in [-0.25, -0.2) is 0 Å². The van der Waals surface area contributed by atoms with Crippen molar-refractivity contribution in [2.24, 2.45) is 0 Å². The summed E-state index contributed by atoms with van der Waals surface area (Å²) in [6.07, 6.45) is 0. The number of nitrogens with one attached hydrogen (secondary N) is 2. The molecule has 2 N–H and O–H groups in total. The summed E-state index contributed by atoms with van der Waals surface area (Å²) in [5.74, 6) is 0. The predicted octanol–water partition coefficient (Wildman–Crippen LogP) is 15.1. The lowest BCUT2D eigenvalue weighted by Crippen LogP contribution is -2.48. The summed E-state index contributed by atoms with van der Waals surface area (Å²) in [4.78, 5) is 11.8. The molecule has 0 radical (unpaired) electrons. The maximum absolute atomic E-state index is 3.46. The fourth-order valence-corrected chi connectivity index (χ4v) is 6.03. The second kappa shape index (κ2) is 35.9. The largest absolute Gasteiger partial charge is 0.310 e. The van der Waals surface area contributed by atoms with E-state index < -0.39 is 0 Å². The summed E-state index contributed by atoms with van der Waals surface area (Å²) in [5, 5.41) is 6.84. The van der Waals surface area contributed by atoms with E-state index in [1.54, 1.807) is 0 Å². The van der Waals surface area contributed by atoms with Gasteiger partial charge in [-0.15, -0.1) is 0 Å². The molecule has 0 unspecified atom stereocenters. The van der Waals surface area contributed by atoms with Gasteiger partial charge in [0.1, 0.15) is 0 Å². The highest BCUT2D eigenvalue weighted by molar-refractivity contribution is 4.81. The second-order valence-electron chi connectivity index (χ2n) is 25.7. The van der Waals surface area contributed by atoms with Crippen molar-refractivity contribution in [1.29, 1.82) is 0 Å². The molecule has 0 aromatic carbocycles. The van der Waals surface area contributed by atoms with Gasteiger partial charge >= 0.3 is 0 Å². The Labute approximate surface area is 400 Å². The minimum Gasteiger partial charge on any atom is -0.310 e. The highest BCUT2D eigenvalue weighted by Crippen LogP contribution is 2.16. The van der Waals surface area contributed by atoms with Crippen molar-refractivity contribution in [3.05, 3.63) is 0 Å². The molecule has 0 saturated heterocycles. The molecule has 0 saturated carbocycles. The fourth-order valence-electron chi connectivity index (χ4n) is 6.03. The average molecular weight is 895 g/mol. The van der Waals surface area contributed by atoms with Crippen LogP contribution in [0.15, 0.2) is 0 Å². The summed E-state index contributed by atoms with van der Waals surface area (Å²) in [6, 6.07) is 1.89. The Kier molecular flexibility index (Phi) is 47.3. The van der Waals surface area contributed by atoms with Crippen molar-refractivity contribution < 1.29 is 0 Å². The molecule has 0 aromatic heterocycles. The van der Waals surface area contributed by atoms with Crippen LogP contribution in [-0.4, -0.2) is 141 Å². The summed E-state index contributed by atoms with van der Waals surface area (Å²) in [6.45, 7) is 79.6. The van der Waals surface area contributed by atoms with Gasteiger partial charge in [-0.3, -0.25) is 14.7 Å². The van der Waals surface area contributed by atoms with E-state index in [-0.39, 0.29) is 31.5 Å². The first-order chi connectivity index (χ1) is 25.8. The van der Waals surface area contributed by atoms with E-state index in [0.29, 0.717) is 45.8 Å². The first-order valence-electron chi connectivity index (χ1n) is 24.0. The lowest BCUT2D eigenvalue weighted by molar-refractivity contribution is 0.107. The Bertz CT molecular complexity index is 900. The molecule has 390 valence electrons. The third-order valence-corrected chi connectivity index (χ3v) is 9.80. The third kappa shape index (κ3) is 64.0. The van der Waals surface area contributed by atoms with Crippen LogP contribution in [0.1, 0.15) is 250 Å². The van der Waals surface area contributed by atoms with Crippen LogP contribution in [0.3, 0.4) is 0 Å². The molecule has 0 aromatic rings. The van der Waals surface area contributed by atoms with E-state index in [1.807, 2.05) is 0 Å². The van der Waals surface area contributed by atoms with E-state index in [4.69, 9.17) is 0 Å². The Balaban J connectivity index is -0.0000000753. The first kappa shape index (κ1) is 81.9. The van der Waals surface area contributed by atoms with Crippen LogP contribution >= 0.6 is 0 Å². The van der Waals surface area contributed by atoms with E-state index >= 15 is 0 Å². The smallest absolute Gasteiger partial charge is 0.0127 e. The van der Waals surface area contributed by atoms with Crippen LogP contribution in [0, 0.1) is 0 Å². The minimum atomic E-state index is 0. The van der Waals surface area contributed by atoms with Gasteiger partial charge in [0.15, 0.2) is 0 Å². The molecule has 7 heteroatoms. The number of hydrogen-bond donors (Lipinski definition) is 2. The summed E-state index contributed by atoms with van der Waals surface area (Å²) < 4.78 is 0. The Morgan fingerprint density at radius 3 is 0.677 bits per heavy atom. The molecule has 62 heavy (non-hydrogen) atoms. The van der Waals surface area contributed by atoms with E-state index in [9.17, 15) is 0 Å². The van der Waals surface area contributed by atoms with Crippen LogP contribution in [-0.2, 0) is 0 Å². The van der Waals surface area contributed by atoms with Gasteiger partial charge in [0.25, 0.3) is 0 Å². The van der Waals surface area contributed by atoms with Crippen molar-refractivity contribution in [1.82, 2.24) is 35.1 Å². The van der Waals surface area contributed by atoms with Gasteiger partial charge in [-0.2, -0.15) is 0 Å². The summed E-state index contributed by atoms with van der Waals surface area (Å²) in [7, 11) is 8.46. The normalized spacial score (nSPS) is 12.7. The zero-order valence-electron chi connectivity index (χ0n) is 49.8. The lowest BCUT2D eigenvalue weighted by atomic mass is 10.0. The van der Waals surface area contributed by atoms with Gasteiger partial charge < -0.3 is 20.4 Å². The lowest BCUT2D eigenvalue weighted by Gasteiger charge is -2.38. The zero-order chi connectivity index (χ0) is 50.9. The molecule has 0 atom stereocenters. The molecule has 0 aliphatic heterocycles. The fraction of sp³-hybridized carbons (Fsp3) is 1.00. The maximum Gasteiger partial charge on any atom is 0.0127 e. The van der Waals surface area contributed by atoms with Crippen molar-refractivity contribution in [2.45, 2.75) is 313 Å². The molecule has 0 bridgehead atoms. The van der Waals surface area contributed by atoms with Gasteiger partial charge in [0.05, 0.1) is 0 Å². The number of hydrogen-bond acceptors (Lipinski definition) is 7. The Morgan fingerprint density at radius 2 is 0.677 bits per heavy atom. The highest BCUT2D eigenvalue weighted by Gasteiger charge is 2.22. The SMILES string of the molecule is C.C.CC(C)(C)NC(C)(C)C.CC(C)N(C)C(C)(C)C.CC(C)NC(C)(C)C.CCN(C(C)C)C(C)(C)C.CCN(C)C(C)(C)C.CCN(CC)C(C)(C)C.CN(C)C(C)(C)C. The molecular weight excluding hydrogens is 759 g/mol. The number of rotatable bonds is 7. The van der Waals surface area contributed by atoms with Crippen LogP contribution in [0.5, 0.6) is 0 Å².